The van der Waals surface area contributed by atoms with E-state index in [1.54, 1.807) is 0 Å². The quantitative estimate of drug-likeness (QED) is 0.652. The van der Waals surface area contributed by atoms with Crippen LogP contribution in [0.3, 0.4) is 0 Å². The lowest BCUT2D eigenvalue weighted by molar-refractivity contribution is -0.137. The molecule has 1 amide bonds. The largest absolute Gasteiger partial charge is 0.417 e. The minimum absolute atomic E-state index is 0.0202. The number of nitrogens with zero attached hydrogens (tertiary/aromatic N) is 2. The lowest BCUT2D eigenvalue weighted by Gasteiger charge is -2.24. The number of carbonyl (C=O) groups is 1. The summed E-state index contributed by atoms with van der Waals surface area (Å²) in [6.07, 6.45) is -2.86. The molecule has 156 valence electrons. The number of thioether (sulfide) groups is 1. The Morgan fingerprint density at radius 1 is 1.31 bits per heavy atom. The van der Waals surface area contributed by atoms with Crippen molar-refractivity contribution in [3.63, 3.8) is 0 Å². The van der Waals surface area contributed by atoms with Gasteiger partial charge >= 0.3 is 6.18 Å². The van der Waals surface area contributed by atoms with Gasteiger partial charge in [0, 0.05) is 43.0 Å². The predicted octanol–water partition coefficient (Wildman–Crippen LogP) is 1.77. The summed E-state index contributed by atoms with van der Waals surface area (Å²) >= 11 is 1.48. The monoisotopic (exact) mass is 447 g/mol. The fourth-order valence-corrected chi connectivity index (χ4v) is 4.28. The molecule has 1 atom stereocenters. The Bertz CT molecular complexity index is 1020. The maximum Gasteiger partial charge on any atom is 0.417 e. The summed E-state index contributed by atoms with van der Waals surface area (Å²) in [4.78, 5) is 20.3. The van der Waals surface area contributed by atoms with Crippen molar-refractivity contribution in [3.05, 3.63) is 47.4 Å². The lowest BCUT2D eigenvalue weighted by atomic mass is 10.1. The number of aromatic nitrogens is 2. The third kappa shape index (κ3) is 5.23. The van der Waals surface area contributed by atoms with Gasteiger partial charge in [0.25, 0.3) is 15.9 Å². The molecule has 0 bridgehead atoms. The van der Waals surface area contributed by atoms with Gasteiger partial charge in [-0.15, -0.1) is 11.8 Å². The SMILES string of the molecule is NS(=O)(=O)c1cc(NC(=O)c2cc(C(F)(F)F)cnc2C2CNCCS2)ccn1. The van der Waals surface area contributed by atoms with Crippen molar-refractivity contribution in [1.82, 2.24) is 15.3 Å². The Balaban J connectivity index is 1.97. The molecule has 1 aliphatic rings. The van der Waals surface area contributed by atoms with Crippen LogP contribution in [-0.2, 0) is 16.2 Å². The molecule has 0 aliphatic carbocycles. The second kappa shape index (κ2) is 8.26. The number of nitrogens with two attached hydrogens (primary N) is 1. The molecular weight excluding hydrogens is 431 g/mol. The Morgan fingerprint density at radius 3 is 2.69 bits per heavy atom. The number of halogens is 3. The van der Waals surface area contributed by atoms with Gasteiger partial charge < -0.3 is 10.6 Å². The average Bonchev–Trinajstić information content (AvgIpc) is 2.67. The van der Waals surface area contributed by atoms with E-state index in [1.165, 1.54) is 17.8 Å². The zero-order valence-corrected chi connectivity index (χ0v) is 16.4. The van der Waals surface area contributed by atoms with Gasteiger partial charge in [0.15, 0.2) is 5.03 Å². The summed E-state index contributed by atoms with van der Waals surface area (Å²) in [5.74, 6) is -0.132. The highest BCUT2D eigenvalue weighted by atomic mass is 32.2. The number of nitrogens with one attached hydrogen (secondary N) is 2. The number of hydrogen-bond donors (Lipinski definition) is 3. The molecule has 3 rings (SSSR count). The standard InChI is InChI=1S/C16H16F3N5O3S2/c17-16(18,19)9-5-11(14(23-7-9)12-8-21-3-4-28-12)15(25)24-10-1-2-22-13(6-10)29(20,26)27/h1-2,5-7,12,21H,3-4,8H2,(H2,20,26,27)(H,22,24,25). The van der Waals surface area contributed by atoms with Crippen molar-refractivity contribution in [2.24, 2.45) is 5.14 Å². The molecule has 0 aromatic carbocycles. The first kappa shape index (κ1) is 21.5. The molecule has 1 saturated heterocycles. The first-order chi connectivity index (χ1) is 13.6. The molecule has 2 aromatic rings. The number of primary sulfonamides is 1. The first-order valence-electron chi connectivity index (χ1n) is 8.25. The average molecular weight is 447 g/mol. The molecule has 0 saturated carbocycles. The molecule has 0 radical (unpaired) electrons. The van der Waals surface area contributed by atoms with E-state index in [9.17, 15) is 26.4 Å². The van der Waals surface area contributed by atoms with E-state index in [0.29, 0.717) is 12.7 Å². The van der Waals surface area contributed by atoms with Crippen LogP contribution in [0.25, 0.3) is 0 Å². The van der Waals surface area contributed by atoms with Crippen LogP contribution in [-0.4, -0.2) is 43.1 Å². The molecule has 13 heteroatoms. The molecule has 2 aromatic heterocycles. The number of hydrogen-bond acceptors (Lipinski definition) is 7. The number of amides is 1. The molecule has 0 spiro atoms. The van der Waals surface area contributed by atoms with Crippen LogP contribution in [0.1, 0.15) is 26.9 Å². The van der Waals surface area contributed by atoms with Crippen LogP contribution >= 0.6 is 11.8 Å². The summed E-state index contributed by atoms with van der Waals surface area (Å²) < 4.78 is 62.2. The van der Waals surface area contributed by atoms with Gasteiger partial charge in [-0.1, -0.05) is 0 Å². The highest BCUT2D eigenvalue weighted by Gasteiger charge is 2.34. The van der Waals surface area contributed by atoms with Gasteiger partial charge in [-0.05, 0) is 12.1 Å². The topological polar surface area (TPSA) is 127 Å². The number of rotatable bonds is 4. The summed E-state index contributed by atoms with van der Waals surface area (Å²) in [7, 11) is -4.11. The molecule has 29 heavy (non-hydrogen) atoms. The third-order valence-corrected chi connectivity index (χ3v) is 6.05. The van der Waals surface area contributed by atoms with Crippen molar-refractivity contribution in [1.29, 1.82) is 0 Å². The van der Waals surface area contributed by atoms with Gasteiger partial charge in [0.05, 0.1) is 22.1 Å². The second-order valence-electron chi connectivity index (χ2n) is 6.10. The number of sulfonamides is 1. The summed E-state index contributed by atoms with van der Waals surface area (Å²) in [6.45, 7) is 1.20. The van der Waals surface area contributed by atoms with Gasteiger partial charge in [-0.2, -0.15) is 13.2 Å². The summed E-state index contributed by atoms with van der Waals surface area (Å²) in [6, 6.07) is 3.06. The molecular formula is C16H16F3N5O3S2. The van der Waals surface area contributed by atoms with Gasteiger partial charge in [-0.25, -0.2) is 18.5 Å². The van der Waals surface area contributed by atoms with Crippen molar-refractivity contribution in [2.75, 3.05) is 24.2 Å². The first-order valence-corrected chi connectivity index (χ1v) is 10.8. The van der Waals surface area contributed by atoms with Crippen LogP contribution in [0, 0.1) is 0 Å². The Hall–Kier alpha value is -2.22. The van der Waals surface area contributed by atoms with Gasteiger partial charge in [0.1, 0.15) is 0 Å². The summed E-state index contributed by atoms with van der Waals surface area (Å²) in [5, 5.41) is 9.73. The van der Waals surface area contributed by atoms with Crippen molar-refractivity contribution in [3.8, 4) is 0 Å². The third-order valence-electron chi connectivity index (χ3n) is 4.01. The van der Waals surface area contributed by atoms with Gasteiger partial charge in [-0.3, -0.25) is 9.78 Å². The highest BCUT2D eigenvalue weighted by Crippen LogP contribution is 2.35. The molecule has 1 aliphatic heterocycles. The number of pyridine rings is 2. The Morgan fingerprint density at radius 2 is 2.07 bits per heavy atom. The van der Waals surface area contributed by atoms with Crippen LogP contribution in [0.2, 0.25) is 0 Å². The Kier molecular flexibility index (Phi) is 6.12. The fourth-order valence-electron chi connectivity index (χ4n) is 2.65. The minimum Gasteiger partial charge on any atom is -0.322 e. The van der Waals surface area contributed by atoms with Crippen molar-refractivity contribution < 1.29 is 26.4 Å². The van der Waals surface area contributed by atoms with Crippen LogP contribution < -0.4 is 15.8 Å². The molecule has 4 N–H and O–H groups in total. The molecule has 1 unspecified atom stereocenters. The number of anilines is 1. The normalized spacial score (nSPS) is 17.7. The Labute approximate surface area is 168 Å². The maximum atomic E-state index is 13.1. The van der Waals surface area contributed by atoms with E-state index in [4.69, 9.17) is 5.14 Å². The van der Waals surface area contributed by atoms with Crippen LogP contribution in [0.4, 0.5) is 18.9 Å². The summed E-state index contributed by atoms with van der Waals surface area (Å²) in [5.41, 5.74) is -1.06. The maximum absolute atomic E-state index is 13.1. The predicted molar refractivity (Wildman–Crippen MR) is 101 cm³/mol. The van der Waals surface area contributed by atoms with E-state index >= 15 is 0 Å². The molecule has 3 heterocycles. The second-order valence-corrected chi connectivity index (χ2v) is 8.92. The van der Waals surface area contributed by atoms with E-state index < -0.39 is 32.7 Å². The van der Waals surface area contributed by atoms with E-state index in [0.717, 1.165) is 30.6 Å². The van der Waals surface area contributed by atoms with Gasteiger partial charge in [0.2, 0.25) is 0 Å². The number of alkyl halides is 3. The highest BCUT2D eigenvalue weighted by molar-refractivity contribution is 7.99. The van der Waals surface area contributed by atoms with E-state index in [-0.39, 0.29) is 22.2 Å². The number of carbonyl (C=O) groups excluding carboxylic acids is 1. The zero-order chi connectivity index (χ0) is 21.2. The molecule has 1 fully saturated rings. The smallest absolute Gasteiger partial charge is 0.322 e. The molecule has 8 nitrogen and oxygen atoms in total. The minimum atomic E-state index is -4.67. The van der Waals surface area contributed by atoms with Crippen molar-refractivity contribution in [2.45, 2.75) is 16.5 Å². The van der Waals surface area contributed by atoms with Crippen LogP contribution in [0.15, 0.2) is 35.6 Å². The fraction of sp³-hybridized carbons (Fsp3) is 0.312. The van der Waals surface area contributed by atoms with Crippen molar-refractivity contribution >= 4 is 33.4 Å². The lowest BCUT2D eigenvalue weighted by Crippen LogP contribution is -2.30. The van der Waals surface area contributed by atoms with E-state index in [2.05, 4.69) is 20.6 Å². The van der Waals surface area contributed by atoms with E-state index in [1.807, 2.05) is 0 Å². The zero-order valence-electron chi connectivity index (χ0n) is 14.7. The van der Waals surface area contributed by atoms with Crippen LogP contribution in [0.5, 0.6) is 0 Å².